The van der Waals surface area contributed by atoms with Crippen molar-refractivity contribution in [2.45, 2.75) is 52.6 Å². The Hall–Kier alpha value is -0.0400. The summed E-state index contributed by atoms with van der Waals surface area (Å²) in [5.41, 5.74) is 0. The molecule has 1 nitrogen and oxygen atoms in total. The molecule has 0 bridgehead atoms. The van der Waals surface area contributed by atoms with E-state index in [1.54, 1.807) is 0 Å². The molecule has 0 N–H and O–H groups in total. The lowest BCUT2D eigenvalue weighted by atomic mass is 10.1. The smallest absolute Gasteiger partial charge is 0.0249 e. The first-order chi connectivity index (χ1) is 5.20. The van der Waals surface area contributed by atoms with Crippen LogP contribution in [0.25, 0.3) is 0 Å². The van der Waals surface area contributed by atoms with Crippen molar-refractivity contribution in [2.24, 2.45) is 5.92 Å². The van der Waals surface area contributed by atoms with Crippen LogP contribution in [0.2, 0.25) is 0 Å². The van der Waals surface area contributed by atoms with E-state index in [0.29, 0.717) is 0 Å². The molecule has 1 heteroatoms. The first-order valence-corrected chi connectivity index (χ1v) is 4.96. The van der Waals surface area contributed by atoms with Crippen molar-refractivity contribution in [3.05, 3.63) is 0 Å². The SMILES string of the molecule is CCC(CC)N1CC1C(C)C. The van der Waals surface area contributed by atoms with Crippen molar-refractivity contribution in [1.82, 2.24) is 4.90 Å². The Labute approximate surface area is 70.8 Å². The first-order valence-electron chi connectivity index (χ1n) is 4.96. The highest BCUT2D eigenvalue weighted by atomic mass is 15.3. The average Bonchev–Trinajstić information content (AvgIpc) is 2.70. The van der Waals surface area contributed by atoms with E-state index in [-0.39, 0.29) is 0 Å². The summed E-state index contributed by atoms with van der Waals surface area (Å²) in [5.74, 6) is 0.857. The standard InChI is InChI=1S/C10H21N/c1-5-9(6-2)11-7-10(11)8(3)4/h8-10H,5-7H2,1-4H3. The molecule has 0 amide bonds. The zero-order valence-corrected chi connectivity index (χ0v) is 8.30. The van der Waals surface area contributed by atoms with Crippen LogP contribution in [0, 0.1) is 5.92 Å². The van der Waals surface area contributed by atoms with Crippen LogP contribution in [-0.2, 0) is 0 Å². The summed E-state index contributed by atoms with van der Waals surface area (Å²) < 4.78 is 0. The van der Waals surface area contributed by atoms with E-state index in [4.69, 9.17) is 0 Å². The molecular weight excluding hydrogens is 134 g/mol. The molecule has 0 aliphatic carbocycles. The summed E-state index contributed by atoms with van der Waals surface area (Å²) in [5, 5.41) is 0. The van der Waals surface area contributed by atoms with Gasteiger partial charge in [-0.15, -0.1) is 0 Å². The molecule has 0 spiro atoms. The van der Waals surface area contributed by atoms with Crippen molar-refractivity contribution in [2.75, 3.05) is 6.54 Å². The molecule has 1 fully saturated rings. The number of rotatable bonds is 4. The molecule has 1 aliphatic heterocycles. The van der Waals surface area contributed by atoms with E-state index in [1.165, 1.54) is 19.4 Å². The predicted molar refractivity (Wildman–Crippen MR) is 49.7 cm³/mol. The zero-order chi connectivity index (χ0) is 8.43. The van der Waals surface area contributed by atoms with Crippen LogP contribution in [0.4, 0.5) is 0 Å². The van der Waals surface area contributed by atoms with E-state index < -0.39 is 0 Å². The van der Waals surface area contributed by atoms with Crippen LogP contribution in [0.5, 0.6) is 0 Å². The van der Waals surface area contributed by atoms with Gasteiger partial charge in [-0.3, -0.25) is 4.90 Å². The van der Waals surface area contributed by atoms with Crippen molar-refractivity contribution >= 4 is 0 Å². The van der Waals surface area contributed by atoms with E-state index in [1.807, 2.05) is 0 Å². The third kappa shape index (κ3) is 1.96. The molecule has 0 aromatic rings. The Balaban J connectivity index is 2.29. The molecule has 1 rings (SSSR count). The molecule has 1 aliphatic rings. The molecule has 1 heterocycles. The molecule has 0 aromatic carbocycles. The van der Waals surface area contributed by atoms with Crippen molar-refractivity contribution in [1.29, 1.82) is 0 Å². The average molecular weight is 155 g/mol. The minimum Gasteiger partial charge on any atom is -0.294 e. The summed E-state index contributed by atoms with van der Waals surface area (Å²) in [7, 11) is 0. The Morgan fingerprint density at radius 1 is 1.27 bits per heavy atom. The van der Waals surface area contributed by atoms with E-state index in [9.17, 15) is 0 Å². The molecule has 0 radical (unpaired) electrons. The van der Waals surface area contributed by atoms with Gasteiger partial charge in [0.1, 0.15) is 0 Å². The second-order valence-electron chi connectivity index (χ2n) is 3.98. The topological polar surface area (TPSA) is 3.01 Å². The molecule has 2 unspecified atom stereocenters. The predicted octanol–water partition coefficient (Wildman–Crippen LogP) is 2.52. The quantitative estimate of drug-likeness (QED) is 0.564. The highest BCUT2D eigenvalue weighted by molar-refractivity contribution is 4.95. The largest absolute Gasteiger partial charge is 0.294 e. The van der Waals surface area contributed by atoms with Crippen LogP contribution in [0.1, 0.15) is 40.5 Å². The van der Waals surface area contributed by atoms with Gasteiger partial charge in [0, 0.05) is 18.6 Å². The molecule has 2 atom stereocenters. The normalized spacial score (nSPS) is 30.0. The third-order valence-corrected chi connectivity index (χ3v) is 2.87. The van der Waals surface area contributed by atoms with E-state index >= 15 is 0 Å². The Kier molecular flexibility index (Phi) is 2.94. The summed E-state index contributed by atoms with van der Waals surface area (Å²) in [6.45, 7) is 10.6. The van der Waals surface area contributed by atoms with Gasteiger partial charge in [0.25, 0.3) is 0 Å². The molecule has 0 aromatic heterocycles. The number of hydrogen-bond acceptors (Lipinski definition) is 1. The molecule has 11 heavy (non-hydrogen) atoms. The van der Waals surface area contributed by atoms with Crippen molar-refractivity contribution in [3.8, 4) is 0 Å². The maximum absolute atomic E-state index is 2.64. The first kappa shape index (κ1) is 9.05. The van der Waals surface area contributed by atoms with Crippen LogP contribution in [0.15, 0.2) is 0 Å². The maximum Gasteiger partial charge on any atom is 0.0249 e. The monoisotopic (exact) mass is 155 g/mol. The Morgan fingerprint density at radius 2 is 1.82 bits per heavy atom. The van der Waals surface area contributed by atoms with Gasteiger partial charge in [0.2, 0.25) is 0 Å². The van der Waals surface area contributed by atoms with Gasteiger partial charge in [0.15, 0.2) is 0 Å². The van der Waals surface area contributed by atoms with Gasteiger partial charge < -0.3 is 0 Å². The molecule has 0 saturated carbocycles. The molecule has 1 saturated heterocycles. The summed E-state index contributed by atoms with van der Waals surface area (Å²) in [4.78, 5) is 2.64. The zero-order valence-electron chi connectivity index (χ0n) is 8.30. The lowest BCUT2D eigenvalue weighted by Crippen LogP contribution is -2.20. The fraction of sp³-hybridized carbons (Fsp3) is 1.00. The maximum atomic E-state index is 2.64. The van der Waals surface area contributed by atoms with Gasteiger partial charge >= 0.3 is 0 Å². The number of nitrogens with zero attached hydrogens (tertiary/aromatic N) is 1. The Bertz CT molecular complexity index is 116. The summed E-state index contributed by atoms with van der Waals surface area (Å²) >= 11 is 0. The van der Waals surface area contributed by atoms with Gasteiger partial charge in [-0.25, -0.2) is 0 Å². The second-order valence-corrected chi connectivity index (χ2v) is 3.98. The van der Waals surface area contributed by atoms with Gasteiger partial charge in [-0.2, -0.15) is 0 Å². The third-order valence-electron chi connectivity index (χ3n) is 2.87. The van der Waals surface area contributed by atoms with E-state index in [2.05, 4.69) is 32.6 Å². The van der Waals surface area contributed by atoms with Crippen molar-refractivity contribution in [3.63, 3.8) is 0 Å². The fourth-order valence-corrected chi connectivity index (χ4v) is 1.94. The van der Waals surface area contributed by atoms with Crippen molar-refractivity contribution < 1.29 is 0 Å². The van der Waals surface area contributed by atoms with Crippen LogP contribution in [0.3, 0.4) is 0 Å². The van der Waals surface area contributed by atoms with Gasteiger partial charge in [0.05, 0.1) is 0 Å². The highest BCUT2D eigenvalue weighted by Gasteiger charge is 2.39. The molecule has 66 valence electrons. The fourth-order valence-electron chi connectivity index (χ4n) is 1.94. The minimum atomic E-state index is 0.857. The molecular formula is C10H21N. The number of hydrogen-bond donors (Lipinski definition) is 0. The van der Waals surface area contributed by atoms with E-state index in [0.717, 1.165) is 18.0 Å². The minimum absolute atomic E-state index is 0.857. The highest BCUT2D eigenvalue weighted by Crippen LogP contribution is 2.30. The van der Waals surface area contributed by atoms with Gasteiger partial charge in [-0.05, 0) is 18.8 Å². The summed E-state index contributed by atoms with van der Waals surface area (Å²) in [6.07, 6.45) is 2.64. The second kappa shape index (κ2) is 3.57. The lowest BCUT2D eigenvalue weighted by Gasteiger charge is -2.15. The van der Waals surface area contributed by atoms with Crippen LogP contribution >= 0.6 is 0 Å². The van der Waals surface area contributed by atoms with Gasteiger partial charge in [-0.1, -0.05) is 27.7 Å². The Morgan fingerprint density at radius 3 is 2.09 bits per heavy atom. The van der Waals surface area contributed by atoms with Crippen LogP contribution in [-0.4, -0.2) is 23.5 Å². The lowest BCUT2D eigenvalue weighted by molar-refractivity contribution is 0.325. The summed E-state index contributed by atoms with van der Waals surface area (Å²) in [6, 6.07) is 1.77. The van der Waals surface area contributed by atoms with Crippen LogP contribution < -0.4 is 0 Å².